The first kappa shape index (κ1) is 28.4. The van der Waals surface area contributed by atoms with Gasteiger partial charge in [-0.25, -0.2) is 9.13 Å². The third kappa shape index (κ3) is 5.39. The van der Waals surface area contributed by atoms with Crippen molar-refractivity contribution in [1.82, 2.24) is 29.2 Å². The minimum absolute atomic E-state index is 0.0536. The Bertz CT molecular complexity index is 1260. The van der Waals surface area contributed by atoms with E-state index >= 15 is 0 Å². The average Bonchev–Trinajstić information content (AvgIpc) is 3.54. The lowest BCUT2D eigenvalue weighted by Gasteiger charge is -2.30. The van der Waals surface area contributed by atoms with E-state index in [-0.39, 0.29) is 6.54 Å². The van der Waals surface area contributed by atoms with E-state index in [1.807, 2.05) is 31.3 Å². The Kier molecular flexibility index (Phi) is 9.02. The Morgan fingerprint density at radius 2 is 2.06 bits per heavy atom. The van der Waals surface area contributed by atoms with Crippen LogP contribution in [0.15, 0.2) is 18.8 Å². The molecule has 0 aromatic carbocycles. The van der Waals surface area contributed by atoms with Crippen LogP contribution in [0, 0.1) is 6.92 Å². The second-order valence-electron chi connectivity index (χ2n) is 8.09. The number of carbonyl (C=O) groups excluding carboxylic acids is 1. The van der Waals surface area contributed by atoms with Crippen molar-refractivity contribution in [2.75, 3.05) is 6.54 Å². The number of aryl methyl sites for hydroxylation is 2. The molecule has 1 saturated heterocycles. The third-order valence-electron chi connectivity index (χ3n) is 5.94. The van der Waals surface area contributed by atoms with Crippen molar-refractivity contribution in [3.63, 3.8) is 0 Å². The predicted molar refractivity (Wildman–Crippen MR) is 145 cm³/mol. The van der Waals surface area contributed by atoms with Crippen LogP contribution in [0.1, 0.15) is 45.0 Å². The molecule has 36 heavy (non-hydrogen) atoms. The number of amides is 1. The Labute approximate surface area is 222 Å². The highest BCUT2D eigenvalue weighted by molar-refractivity contribution is 14.2. The lowest BCUT2D eigenvalue weighted by molar-refractivity contribution is -0.187. The molecule has 0 bridgehead atoms. The van der Waals surface area contributed by atoms with Crippen molar-refractivity contribution in [1.29, 1.82) is 0 Å². The molecule has 4 rings (SSSR count). The summed E-state index contributed by atoms with van der Waals surface area (Å²) < 4.78 is 48.8. The fraction of sp³-hybridized carbons (Fsp3) is 0.478. The summed E-state index contributed by atoms with van der Waals surface area (Å²) in [7, 11) is 1.70. The van der Waals surface area contributed by atoms with E-state index in [0.29, 0.717) is 42.0 Å². The number of likely N-dealkylation sites (tertiary alicyclic amines) is 1. The van der Waals surface area contributed by atoms with Crippen LogP contribution in [0.3, 0.4) is 0 Å². The number of alkyl halides is 3. The van der Waals surface area contributed by atoms with Crippen molar-refractivity contribution in [3.8, 4) is 17.1 Å². The number of hydrogen-bond donors (Lipinski definition) is 0. The Morgan fingerprint density at radius 3 is 2.67 bits per heavy atom. The zero-order chi connectivity index (χ0) is 26.8. The molecule has 0 radical (unpaired) electrons. The van der Waals surface area contributed by atoms with Gasteiger partial charge in [-0.3, -0.25) is 9.78 Å². The number of hydrogen-bond acceptors (Lipinski definition) is 5. The maximum absolute atomic E-state index is 13.1. The summed E-state index contributed by atoms with van der Waals surface area (Å²) in [5.41, 5.74) is 3.51. The molecule has 196 valence electrons. The molecular weight excluding hydrogens is 607 g/mol. The largest absolute Gasteiger partial charge is 0.472 e. The summed E-state index contributed by atoms with van der Waals surface area (Å²) >= 11 is 2.24. The molecule has 8 nitrogen and oxygen atoms in total. The highest BCUT2D eigenvalue weighted by Crippen LogP contribution is 2.37. The summed E-state index contributed by atoms with van der Waals surface area (Å²) in [5, 5.41) is 9.87. The molecule has 1 aliphatic heterocycles. The Balaban J connectivity index is 0.00000176. The number of pyridine rings is 1. The highest BCUT2D eigenvalue weighted by atomic mass is 127. The number of ether oxygens (including phenoxy) is 1. The molecule has 0 N–H and O–H groups in total. The number of nitrogens with zero attached hydrogens (tertiary/aromatic N) is 6. The molecular formula is C23H29F3IN6O2P. The van der Waals surface area contributed by atoms with E-state index < -0.39 is 24.2 Å². The van der Waals surface area contributed by atoms with Crippen molar-refractivity contribution >= 4 is 51.3 Å². The van der Waals surface area contributed by atoms with Crippen LogP contribution in [0.4, 0.5) is 13.2 Å². The molecule has 3 unspecified atom stereocenters. The maximum atomic E-state index is 13.1. The van der Waals surface area contributed by atoms with E-state index in [4.69, 9.17) is 4.74 Å². The minimum Gasteiger partial charge on any atom is -0.472 e. The minimum atomic E-state index is -4.91. The van der Waals surface area contributed by atoms with Crippen LogP contribution in [-0.2, 0) is 11.8 Å². The molecule has 1 fully saturated rings. The first-order valence-corrected chi connectivity index (χ1v) is 15.6. The van der Waals surface area contributed by atoms with E-state index in [1.165, 1.54) is 0 Å². The first-order chi connectivity index (χ1) is 17.1. The van der Waals surface area contributed by atoms with E-state index in [0.717, 1.165) is 21.5 Å². The van der Waals surface area contributed by atoms with Crippen LogP contribution >= 0.6 is 28.4 Å². The highest BCUT2D eigenvalue weighted by Gasteiger charge is 2.47. The molecule has 0 saturated carbocycles. The molecule has 13 heteroatoms. The van der Waals surface area contributed by atoms with Crippen molar-refractivity contribution in [3.05, 3.63) is 30.2 Å². The molecule has 0 spiro atoms. The average molecular weight is 636 g/mol. The van der Waals surface area contributed by atoms with Gasteiger partial charge in [-0.05, 0) is 60.9 Å². The van der Waals surface area contributed by atoms with Gasteiger partial charge >= 0.3 is 12.1 Å². The molecule has 1 aliphatic rings. The van der Waals surface area contributed by atoms with Gasteiger partial charge in [0, 0.05) is 19.0 Å². The monoisotopic (exact) mass is 636 g/mol. The molecule has 3 atom stereocenters. The lowest BCUT2D eigenvalue weighted by atomic mass is 10.1. The topological polar surface area (TPSA) is 78.1 Å². The van der Waals surface area contributed by atoms with Crippen molar-refractivity contribution < 1.29 is 22.7 Å². The van der Waals surface area contributed by atoms with Gasteiger partial charge < -0.3 is 9.64 Å². The van der Waals surface area contributed by atoms with Gasteiger partial charge in [0.05, 0.1) is 46.8 Å². The molecule has 3 aromatic rings. The fourth-order valence-electron chi connectivity index (χ4n) is 4.41. The second kappa shape index (κ2) is 11.5. The summed E-state index contributed by atoms with van der Waals surface area (Å²) in [6.45, 7) is 11.4. The second-order valence-corrected chi connectivity index (χ2v) is 10.1. The quantitative estimate of drug-likeness (QED) is 0.248. The van der Waals surface area contributed by atoms with Crippen LogP contribution in [0.25, 0.3) is 28.2 Å². The fourth-order valence-corrected chi connectivity index (χ4v) is 5.92. The van der Waals surface area contributed by atoms with Crippen LogP contribution in [0.5, 0.6) is 5.88 Å². The van der Waals surface area contributed by atoms with Gasteiger partial charge in [-0.1, -0.05) is 20.4 Å². The van der Waals surface area contributed by atoms with Gasteiger partial charge in [0.25, 0.3) is 0 Å². The Hall–Kier alpha value is -2.21. The van der Waals surface area contributed by atoms with E-state index in [9.17, 15) is 18.0 Å². The molecule has 0 aliphatic carbocycles. The summed E-state index contributed by atoms with van der Waals surface area (Å²) in [4.78, 5) is 17.4. The third-order valence-corrected chi connectivity index (χ3v) is 7.81. The normalized spacial score (nSPS) is 16.9. The zero-order valence-corrected chi connectivity index (χ0v) is 23.9. The van der Waals surface area contributed by atoms with Gasteiger partial charge in [-0.2, -0.15) is 23.4 Å². The SMILES string of the molecule is C=Cc1nn(PI)c2cnc(-c3c(C)nn(C)c3OC(C)C3CCCN3C(=O)C(F)(F)F)cc12.CC. The standard InChI is InChI=1S/C21H23F3IN6O2P.C2H6/c1-5-14-13-9-15(26-10-17(13)31(28-14)34-25)18-11(2)27-29(4)19(18)33-12(3)16-7-6-8-30(16)20(32)21(22,23)24;1-2/h5,9-10,12,16,34H,1,6-8H2,2-4H3;1-2H3. The van der Waals surface area contributed by atoms with Gasteiger partial charge in [0.15, 0.2) is 0 Å². The van der Waals surface area contributed by atoms with Gasteiger partial charge in [0.1, 0.15) is 6.10 Å². The van der Waals surface area contributed by atoms with Gasteiger partial charge in [-0.15, -0.1) is 0 Å². The van der Waals surface area contributed by atoms with Gasteiger partial charge in [0.2, 0.25) is 5.88 Å². The van der Waals surface area contributed by atoms with Crippen LogP contribution in [-0.4, -0.2) is 60.0 Å². The molecule has 3 aromatic heterocycles. The van der Waals surface area contributed by atoms with Crippen molar-refractivity contribution in [2.45, 2.75) is 58.9 Å². The van der Waals surface area contributed by atoms with E-state index in [1.54, 1.807) is 30.9 Å². The smallest absolute Gasteiger partial charge is 0.471 e. The van der Waals surface area contributed by atoms with Crippen LogP contribution in [0.2, 0.25) is 0 Å². The summed E-state index contributed by atoms with van der Waals surface area (Å²) in [6, 6.07) is 1.20. The molecule has 4 heterocycles. The number of fused-ring (bicyclic) bond motifs is 1. The number of halogens is 4. The van der Waals surface area contributed by atoms with Crippen molar-refractivity contribution in [2.24, 2.45) is 7.05 Å². The maximum Gasteiger partial charge on any atom is 0.471 e. The summed E-state index contributed by atoms with van der Waals surface area (Å²) in [6.07, 6.45) is -0.871. The summed E-state index contributed by atoms with van der Waals surface area (Å²) in [5.74, 6) is -1.45. The Morgan fingerprint density at radius 1 is 1.36 bits per heavy atom. The number of rotatable bonds is 6. The predicted octanol–water partition coefficient (Wildman–Crippen LogP) is 5.92. The molecule has 1 amide bonds. The zero-order valence-electron chi connectivity index (χ0n) is 20.7. The first-order valence-electron chi connectivity index (χ1n) is 11.5. The number of aromatic nitrogens is 5. The lowest BCUT2D eigenvalue weighted by Crippen LogP contribution is -2.49. The van der Waals surface area contributed by atoms with Crippen LogP contribution < -0.4 is 4.74 Å². The van der Waals surface area contributed by atoms with E-state index in [2.05, 4.69) is 43.8 Å². The number of carbonyl (C=O) groups is 1.